The van der Waals surface area contributed by atoms with Crippen LogP contribution in [-0.4, -0.2) is 54.3 Å². The van der Waals surface area contributed by atoms with Gasteiger partial charge in [-0.05, 0) is 31.5 Å². The molecule has 5 nitrogen and oxygen atoms in total. The van der Waals surface area contributed by atoms with E-state index in [9.17, 15) is 9.59 Å². The van der Waals surface area contributed by atoms with E-state index in [1.807, 2.05) is 67.3 Å². The van der Waals surface area contributed by atoms with E-state index in [-0.39, 0.29) is 18.4 Å². The Kier molecular flexibility index (Phi) is 6.24. The summed E-state index contributed by atoms with van der Waals surface area (Å²) < 4.78 is 0. The number of nitrogens with zero attached hydrogens (tertiary/aromatic N) is 2. The minimum Gasteiger partial charge on any atom is -0.339 e. The molecular formula is C22H27N3O2. The van der Waals surface area contributed by atoms with Crippen molar-refractivity contribution < 1.29 is 9.59 Å². The molecule has 1 heterocycles. The van der Waals surface area contributed by atoms with E-state index in [2.05, 4.69) is 5.32 Å². The van der Waals surface area contributed by atoms with Crippen molar-refractivity contribution in [3.05, 3.63) is 70.8 Å². The minimum absolute atomic E-state index is 0.00477. The highest BCUT2D eigenvalue weighted by molar-refractivity contribution is 5.96. The zero-order chi connectivity index (χ0) is 19.2. The number of amides is 2. The van der Waals surface area contributed by atoms with Crippen molar-refractivity contribution in [1.82, 2.24) is 15.1 Å². The number of carbonyl (C=O) groups is 2. The van der Waals surface area contributed by atoms with Crippen LogP contribution in [0.25, 0.3) is 0 Å². The summed E-state index contributed by atoms with van der Waals surface area (Å²) in [5.74, 6) is -0.0979. The number of hydrogen-bond donors (Lipinski definition) is 1. The molecule has 0 bridgehead atoms. The molecule has 0 spiro atoms. The Labute approximate surface area is 161 Å². The lowest BCUT2D eigenvalue weighted by atomic mass is 10.1. The lowest BCUT2D eigenvalue weighted by Crippen LogP contribution is -2.50. The first-order chi connectivity index (χ1) is 13.0. The number of piperazine rings is 1. The van der Waals surface area contributed by atoms with Crippen molar-refractivity contribution in [3.63, 3.8) is 0 Å². The fourth-order valence-electron chi connectivity index (χ4n) is 3.46. The summed E-state index contributed by atoms with van der Waals surface area (Å²) in [6, 6.07) is 15.6. The fraction of sp³-hybridized carbons (Fsp3) is 0.364. The normalized spacial score (nSPS) is 14.1. The Morgan fingerprint density at radius 2 is 1.63 bits per heavy atom. The van der Waals surface area contributed by atoms with Crippen molar-refractivity contribution in [2.24, 2.45) is 0 Å². The predicted octanol–water partition coefficient (Wildman–Crippen LogP) is 2.38. The Morgan fingerprint density at radius 1 is 1.00 bits per heavy atom. The van der Waals surface area contributed by atoms with Gasteiger partial charge in [0.25, 0.3) is 5.91 Å². The molecule has 0 saturated carbocycles. The second kappa shape index (κ2) is 8.82. The first kappa shape index (κ1) is 19.1. The van der Waals surface area contributed by atoms with Crippen LogP contribution in [0.5, 0.6) is 0 Å². The number of hydrogen-bond acceptors (Lipinski definition) is 3. The summed E-state index contributed by atoms with van der Waals surface area (Å²) in [5.41, 5.74) is 3.75. The molecule has 1 fully saturated rings. The van der Waals surface area contributed by atoms with Gasteiger partial charge in [-0.25, -0.2) is 0 Å². The van der Waals surface area contributed by atoms with E-state index in [1.54, 1.807) is 4.90 Å². The van der Waals surface area contributed by atoms with Gasteiger partial charge in [0.2, 0.25) is 5.91 Å². The van der Waals surface area contributed by atoms with Gasteiger partial charge in [-0.1, -0.05) is 47.5 Å². The van der Waals surface area contributed by atoms with Crippen LogP contribution in [0.2, 0.25) is 0 Å². The molecule has 0 radical (unpaired) electrons. The van der Waals surface area contributed by atoms with E-state index in [0.29, 0.717) is 25.2 Å². The van der Waals surface area contributed by atoms with Crippen LogP contribution in [0.4, 0.5) is 0 Å². The predicted molar refractivity (Wildman–Crippen MR) is 107 cm³/mol. The van der Waals surface area contributed by atoms with Gasteiger partial charge in [0, 0.05) is 38.3 Å². The maximum Gasteiger partial charge on any atom is 0.254 e. The molecule has 1 N–H and O–H groups in total. The molecule has 0 unspecified atom stereocenters. The topological polar surface area (TPSA) is 52.7 Å². The van der Waals surface area contributed by atoms with Gasteiger partial charge in [-0.2, -0.15) is 0 Å². The van der Waals surface area contributed by atoms with Gasteiger partial charge in [0.15, 0.2) is 0 Å². The smallest absolute Gasteiger partial charge is 0.254 e. The summed E-state index contributed by atoms with van der Waals surface area (Å²) in [6.45, 7) is 7.47. The lowest BCUT2D eigenvalue weighted by Gasteiger charge is -2.30. The van der Waals surface area contributed by atoms with Crippen LogP contribution in [0, 0.1) is 13.8 Å². The van der Waals surface area contributed by atoms with Crippen LogP contribution < -0.4 is 5.32 Å². The summed E-state index contributed by atoms with van der Waals surface area (Å²) >= 11 is 0. The Morgan fingerprint density at radius 3 is 2.26 bits per heavy atom. The Bertz CT molecular complexity index is 778. The third-order valence-corrected chi connectivity index (χ3v) is 4.77. The molecule has 0 aromatic heterocycles. The monoisotopic (exact) mass is 365 g/mol. The molecule has 2 amide bonds. The number of rotatable bonds is 5. The van der Waals surface area contributed by atoms with E-state index < -0.39 is 0 Å². The van der Waals surface area contributed by atoms with Gasteiger partial charge in [-0.3, -0.25) is 9.59 Å². The molecule has 1 saturated heterocycles. The largest absolute Gasteiger partial charge is 0.339 e. The fourth-order valence-corrected chi connectivity index (χ4v) is 3.46. The number of benzene rings is 2. The zero-order valence-corrected chi connectivity index (χ0v) is 16.1. The highest BCUT2D eigenvalue weighted by atomic mass is 16.2. The standard InChI is InChI=1S/C22H27N3O2/c1-17-12-18(2)14-20(13-17)22(27)25(15-19-6-4-3-5-7-19)16-21(26)24-10-8-23-9-11-24/h3-7,12-14,23H,8-11,15-16H2,1-2H3. The molecule has 2 aromatic rings. The quantitative estimate of drug-likeness (QED) is 0.885. The minimum atomic E-state index is -0.103. The van der Waals surface area contributed by atoms with Crippen LogP contribution in [0.15, 0.2) is 48.5 Å². The van der Waals surface area contributed by atoms with Gasteiger partial charge in [0.1, 0.15) is 6.54 Å². The second-order valence-corrected chi connectivity index (χ2v) is 7.15. The summed E-state index contributed by atoms with van der Waals surface area (Å²) in [5, 5.41) is 3.25. The summed E-state index contributed by atoms with van der Waals surface area (Å²) in [6.07, 6.45) is 0. The molecule has 0 aliphatic carbocycles. The van der Waals surface area contributed by atoms with Gasteiger partial charge >= 0.3 is 0 Å². The van der Waals surface area contributed by atoms with E-state index >= 15 is 0 Å². The molecule has 27 heavy (non-hydrogen) atoms. The molecule has 5 heteroatoms. The SMILES string of the molecule is Cc1cc(C)cc(C(=O)N(CC(=O)N2CCNCC2)Cc2ccccc2)c1. The van der Waals surface area contributed by atoms with Gasteiger partial charge in [0.05, 0.1) is 0 Å². The molecule has 3 rings (SSSR count). The maximum atomic E-state index is 13.2. The number of nitrogens with one attached hydrogen (secondary N) is 1. The Balaban J connectivity index is 1.82. The van der Waals surface area contributed by atoms with Crippen LogP contribution in [-0.2, 0) is 11.3 Å². The van der Waals surface area contributed by atoms with Crippen LogP contribution in [0.1, 0.15) is 27.0 Å². The van der Waals surface area contributed by atoms with Gasteiger partial charge in [-0.15, -0.1) is 0 Å². The summed E-state index contributed by atoms with van der Waals surface area (Å²) in [7, 11) is 0. The maximum absolute atomic E-state index is 13.2. The van der Waals surface area contributed by atoms with E-state index in [0.717, 1.165) is 29.8 Å². The zero-order valence-electron chi connectivity index (χ0n) is 16.1. The van der Waals surface area contributed by atoms with Crippen molar-refractivity contribution in [2.45, 2.75) is 20.4 Å². The van der Waals surface area contributed by atoms with Crippen molar-refractivity contribution in [2.75, 3.05) is 32.7 Å². The lowest BCUT2D eigenvalue weighted by molar-refractivity contribution is -0.132. The number of carbonyl (C=O) groups excluding carboxylic acids is 2. The molecule has 0 atom stereocenters. The van der Waals surface area contributed by atoms with E-state index in [1.165, 1.54) is 0 Å². The molecule has 2 aromatic carbocycles. The first-order valence-electron chi connectivity index (χ1n) is 9.43. The molecule has 1 aliphatic heterocycles. The molecular weight excluding hydrogens is 338 g/mol. The second-order valence-electron chi connectivity index (χ2n) is 7.15. The molecule has 142 valence electrons. The Hall–Kier alpha value is -2.66. The van der Waals surface area contributed by atoms with Crippen molar-refractivity contribution in [1.29, 1.82) is 0 Å². The number of aryl methyl sites for hydroxylation is 2. The van der Waals surface area contributed by atoms with Crippen LogP contribution >= 0.6 is 0 Å². The summed E-state index contributed by atoms with van der Waals surface area (Å²) in [4.78, 5) is 29.5. The highest BCUT2D eigenvalue weighted by Crippen LogP contribution is 2.14. The molecule has 1 aliphatic rings. The van der Waals surface area contributed by atoms with Crippen molar-refractivity contribution >= 4 is 11.8 Å². The van der Waals surface area contributed by atoms with E-state index in [4.69, 9.17) is 0 Å². The first-order valence-corrected chi connectivity index (χ1v) is 9.43. The average Bonchev–Trinajstić information content (AvgIpc) is 2.67. The highest BCUT2D eigenvalue weighted by Gasteiger charge is 2.23. The van der Waals surface area contributed by atoms with Crippen LogP contribution in [0.3, 0.4) is 0 Å². The van der Waals surface area contributed by atoms with Gasteiger partial charge < -0.3 is 15.1 Å². The third kappa shape index (κ3) is 5.17. The van der Waals surface area contributed by atoms with Crippen molar-refractivity contribution in [3.8, 4) is 0 Å². The third-order valence-electron chi connectivity index (χ3n) is 4.77. The average molecular weight is 365 g/mol.